The molecule has 19 heavy (non-hydrogen) atoms. The van der Waals surface area contributed by atoms with Gasteiger partial charge in [-0.15, -0.1) is 0 Å². The summed E-state index contributed by atoms with van der Waals surface area (Å²) in [4.78, 5) is 4.31. The Bertz CT molecular complexity index is 726. The molecule has 0 radical (unpaired) electrons. The predicted molar refractivity (Wildman–Crippen MR) is 72.6 cm³/mol. The number of fused-ring (bicyclic) bond motifs is 1. The van der Waals surface area contributed by atoms with E-state index in [0.717, 1.165) is 5.39 Å². The van der Waals surface area contributed by atoms with Crippen LogP contribution in [0.3, 0.4) is 0 Å². The second kappa shape index (κ2) is 4.57. The van der Waals surface area contributed by atoms with Crippen LogP contribution in [0.5, 0.6) is 11.6 Å². The number of rotatable bonds is 2. The Morgan fingerprint density at radius 3 is 2.53 bits per heavy atom. The summed E-state index contributed by atoms with van der Waals surface area (Å²) in [5.41, 5.74) is 6.97. The Morgan fingerprint density at radius 1 is 0.947 bits per heavy atom. The topological polar surface area (TPSA) is 48.1 Å². The monoisotopic (exact) mass is 254 g/mol. The van der Waals surface area contributed by atoms with Crippen LogP contribution in [0.4, 0.5) is 10.1 Å². The Morgan fingerprint density at radius 2 is 1.74 bits per heavy atom. The number of aromatic nitrogens is 1. The fourth-order valence-corrected chi connectivity index (χ4v) is 1.79. The van der Waals surface area contributed by atoms with Crippen molar-refractivity contribution in [2.24, 2.45) is 0 Å². The number of ether oxygens (including phenoxy) is 1. The van der Waals surface area contributed by atoms with Gasteiger partial charge in [-0.25, -0.2) is 9.37 Å². The highest BCUT2D eigenvalue weighted by atomic mass is 19.1. The van der Waals surface area contributed by atoms with E-state index < -0.39 is 0 Å². The molecule has 0 unspecified atom stereocenters. The molecule has 1 heterocycles. The van der Waals surface area contributed by atoms with Crippen molar-refractivity contribution in [3.63, 3.8) is 0 Å². The van der Waals surface area contributed by atoms with Gasteiger partial charge in [-0.05, 0) is 48.5 Å². The van der Waals surface area contributed by atoms with Gasteiger partial charge < -0.3 is 10.5 Å². The van der Waals surface area contributed by atoms with Gasteiger partial charge in [0.05, 0.1) is 5.52 Å². The molecule has 3 aromatic rings. The number of hydrogen-bond acceptors (Lipinski definition) is 3. The van der Waals surface area contributed by atoms with Crippen LogP contribution in [0.2, 0.25) is 0 Å². The average Bonchev–Trinajstić information content (AvgIpc) is 2.42. The summed E-state index contributed by atoms with van der Waals surface area (Å²) in [6.45, 7) is 0. The first-order valence-corrected chi connectivity index (χ1v) is 5.80. The Balaban J connectivity index is 1.93. The van der Waals surface area contributed by atoms with Crippen LogP contribution in [0.25, 0.3) is 10.9 Å². The van der Waals surface area contributed by atoms with Crippen molar-refractivity contribution in [1.82, 2.24) is 4.98 Å². The summed E-state index contributed by atoms with van der Waals surface area (Å²) < 4.78 is 18.7. The molecule has 0 fully saturated rings. The van der Waals surface area contributed by atoms with E-state index in [9.17, 15) is 4.39 Å². The Kier molecular flexibility index (Phi) is 2.76. The Hall–Kier alpha value is -2.62. The largest absolute Gasteiger partial charge is 0.439 e. The molecule has 0 saturated heterocycles. The molecule has 2 aromatic carbocycles. The standard InChI is InChI=1S/C15H11FN2O/c16-11-2-7-14-10(9-11)1-8-15(18-14)19-13-5-3-12(17)4-6-13/h1-9H,17H2. The van der Waals surface area contributed by atoms with Gasteiger partial charge in [0.25, 0.3) is 0 Å². The van der Waals surface area contributed by atoms with E-state index in [1.54, 1.807) is 42.5 Å². The third kappa shape index (κ3) is 2.47. The van der Waals surface area contributed by atoms with Crippen LogP contribution in [0, 0.1) is 5.82 Å². The van der Waals surface area contributed by atoms with Gasteiger partial charge in [0.15, 0.2) is 0 Å². The summed E-state index contributed by atoms with van der Waals surface area (Å²) in [6.07, 6.45) is 0. The third-order valence-corrected chi connectivity index (χ3v) is 2.73. The molecule has 0 spiro atoms. The van der Waals surface area contributed by atoms with E-state index in [1.807, 2.05) is 0 Å². The summed E-state index contributed by atoms with van der Waals surface area (Å²) in [7, 11) is 0. The van der Waals surface area contributed by atoms with E-state index in [2.05, 4.69) is 4.98 Å². The summed E-state index contributed by atoms with van der Waals surface area (Å²) in [6, 6.07) is 15.0. The molecule has 0 aliphatic heterocycles. The summed E-state index contributed by atoms with van der Waals surface area (Å²) >= 11 is 0. The SMILES string of the molecule is Nc1ccc(Oc2ccc3cc(F)ccc3n2)cc1. The molecule has 3 rings (SSSR count). The number of nitrogens with zero attached hydrogens (tertiary/aromatic N) is 1. The average molecular weight is 254 g/mol. The van der Waals surface area contributed by atoms with Gasteiger partial charge in [0, 0.05) is 17.1 Å². The van der Waals surface area contributed by atoms with Crippen LogP contribution in [0.1, 0.15) is 0 Å². The smallest absolute Gasteiger partial charge is 0.219 e. The van der Waals surface area contributed by atoms with Crippen LogP contribution in [-0.4, -0.2) is 4.98 Å². The molecule has 2 N–H and O–H groups in total. The minimum Gasteiger partial charge on any atom is -0.439 e. The second-order valence-electron chi connectivity index (χ2n) is 4.16. The highest BCUT2D eigenvalue weighted by Crippen LogP contribution is 2.23. The normalized spacial score (nSPS) is 10.6. The lowest BCUT2D eigenvalue weighted by molar-refractivity contribution is 0.465. The van der Waals surface area contributed by atoms with E-state index in [-0.39, 0.29) is 5.82 Å². The zero-order valence-electron chi connectivity index (χ0n) is 10.0. The lowest BCUT2D eigenvalue weighted by atomic mass is 10.2. The molecule has 94 valence electrons. The number of nitrogen functional groups attached to an aromatic ring is 1. The number of hydrogen-bond donors (Lipinski definition) is 1. The predicted octanol–water partition coefficient (Wildman–Crippen LogP) is 3.75. The minimum absolute atomic E-state index is 0.276. The number of nitrogens with two attached hydrogens (primary N) is 1. The molecule has 0 saturated carbocycles. The molecule has 0 amide bonds. The zero-order chi connectivity index (χ0) is 13.2. The molecule has 0 aliphatic rings. The van der Waals surface area contributed by atoms with E-state index in [1.165, 1.54) is 12.1 Å². The van der Waals surface area contributed by atoms with Crippen LogP contribution >= 0.6 is 0 Å². The maximum absolute atomic E-state index is 13.1. The molecule has 0 bridgehead atoms. The molecule has 0 aliphatic carbocycles. The molecule has 0 atom stereocenters. The van der Waals surface area contributed by atoms with Crippen LogP contribution in [0.15, 0.2) is 54.6 Å². The third-order valence-electron chi connectivity index (χ3n) is 2.73. The first-order valence-electron chi connectivity index (χ1n) is 5.80. The summed E-state index contributed by atoms with van der Waals surface area (Å²) in [5.74, 6) is 0.841. The first kappa shape index (κ1) is 11.5. The number of halogens is 1. The molecular weight excluding hydrogens is 243 g/mol. The van der Waals surface area contributed by atoms with Crippen molar-refractivity contribution >= 4 is 16.6 Å². The van der Waals surface area contributed by atoms with Crippen molar-refractivity contribution in [1.29, 1.82) is 0 Å². The van der Waals surface area contributed by atoms with E-state index in [0.29, 0.717) is 22.8 Å². The van der Waals surface area contributed by atoms with Crippen LogP contribution in [-0.2, 0) is 0 Å². The fourth-order valence-electron chi connectivity index (χ4n) is 1.79. The summed E-state index contributed by atoms with van der Waals surface area (Å²) in [5, 5.41) is 0.740. The fraction of sp³-hybridized carbons (Fsp3) is 0. The Labute approximate surface area is 109 Å². The van der Waals surface area contributed by atoms with Crippen molar-refractivity contribution in [2.45, 2.75) is 0 Å². The number of benzene rings is 2. The lowest BCUT2D eigenvalue weighted by Crippen LogP contribution is -1.90. The first-order chi connectivity index (χ1) is 9.20. The van der Waals surface area contributed by atoms with Gasteiger partial charge in [-0.2, -0.15) is 0 Å². The van der Waals surface area contributed by atoms with Crippen molar-refractivity contribution in [3.05, 3.63) is 60.4 Å². The van der Waals surface area contributed by atoms with Crippen LogP contribution < -0.4 is 10.5 Å². The van der Waals surface area contributed by atoms with Gasteiger partial charge in [-0.1, -0.05) is 0 Å². The second-order valence-corrected chi connectivity index (χ2v) is 4.16. The lowest BCUT2D eigenvalue weighted by Gasteiger charge is -2.06. The maximum atomic E-state index is 13.1. The highest BCUT2D eigenvalue weighted by molar-refractivity contribution is 5.79. The van der Waals surface area contributed by atoms with Gasteiger partial charge >= 0.3 is 0 Å². The minimum atomic E-state index is -0.276. The molecule has 1 aromatic heterocycles. The van der Waals surface area contributed by atoms with Gasteiger partial charge in [0.1, 0.15) is 11.6 Å². The van der Waals surface area contributed by atoms with E-state index >= 15 is 0 Å². The van der Waals surface area contributed by atoms with Crippen molar-refractivity contribution < 1.29 is 9.13 Å². The van der Waals surface area contributed by atoms with Gasteiger partial charge in [-0.3, -0.25) is 0 Å². The number of anilines is 1. The van der Waals surface area contributed by atoms with E-state index in [4.69, 9.17) is 10.5 Å². The van der Waals surface area contributed by atoms with Gasteiger partial charge in [0.2, 0.25) is 5.88 Å². The van der Waals surface area contributed by atoms with Crippen molar-refractivity contribution in [3.8, 4) is 11.6 Å². The molecule has 4 heteroatoms. The molecule has 3 nitrogen and oxygen atoms in total. The molecular formula is C15H11FN2O. The number of pyridine rings is 1. The highest BCUT2D eigenvalue weighted by Gasteiger charge is 2.02. The zero-order valence-corrected chi connectivity index (χ0v) is 10.0. The quantitative estimate of drug-likeness (QED) is 0.708. The maximum Gasteiger partial charge on any atom is 0.219 e. The van der Waals surface area contributed by atoms with Crippen molar-refractivity contribution in [2.75, 3.05) is 5.73 Å².